The van der Waals surface area contributed by atoms with Crippen LogP contribution < -0.4 is 5.32 Å². The molecule has 1 fully saturated rings. The summed E-state index contributed by atoms with van der Waals surface area (Å²) in [5.74, 6) is -0.251. The van der Waals surface area contributed by atoms with Crippen LogP contribution in [0.2, 0.25) is 0 Å². The third-order valence-electron chi connectivity index (χ3n) is 4.58. The van der Waals surface area contributed by atoms with Gasteiger partial charge in [0, 0.05) is 26.2 Å². The molecule has 0 saturated carbocycles. The largest absolute Gasteiger partial charge is 0.468 e. The molecule has 0 aromatic heterocycles. The highest BCUT2D eigenvalue weighted by Gasteiger charge is 2.14. The van der Waals surface area contributed by atoms with Gasteiger partial charge in [-0.2, -0.15) is 0 Å². The van der Waals surface area contributed by atoms with Gasteiger partial charge in [-0.05, 0) is 22.3 Å². The Morgan fingerprint density at radius 3 is 2.65 bits per heavy atom. The number of hydrogen-bond acceptors (Lipinski definition) is 5. The normalized spacial score (nSPS) is 15.0. The van der Waals surface area contributed by atoms with Gasteiger partial charge in [0.25, 0.3) is 0 Å². The van der Waals surface area contributed by atoms with Crippen LogP contribution in [0, 0.1) is 0 Å². The molecule has 1 heterocycles. The van der Waals surface area contributed by atoms with Crippen molar-refractivity contribution in [2.45, 2.75) is 13.1 Å². The van der Waals surface area contributed by atoms with Crippen LogP contribution in [0.3, 0.4) is 0 Å². The van der Waals surface area contributed by atoms with Gasteiger partial charge in [0.2, 0.25) is 0 Å². The van der Waals surface area contributed by atoms with Gasteiger partial charge in [-0.25, -0.2) is 0 Å². The molecule has 5 nitrogen and oxygen atoms in total. The summed E-state index contributed by atoms with van der Waals surface area (Å²) in [6, 6.07) is 17.0. The molecule has 5 heteroatoms. The number of rotatable bonds is 7. The SMILES string of the molecule is COC(=O)CNCc1ccc(-c2ccccc2)c(CN2CCOCC2)c1. The van der Waals surface area contributed by atoms with Crippen LogP contribution in [0.5, 0.6) is 0 Å². The molecule has 0 bridgehead atoms. The maximum atomic E-state index is 11.3. The zero-order valence-electron chi connectivity index (χ0n) is 15.2. The van der Waals surface area contributed by atoms with Crippen molar-refractivity contribution in [2.24, 2.45) is 0 Å². The van der Waals surface area contributed by atoms with E-state index in [1.807, 2.05) is 6.07 Å². The zero-order valence-corrected chi connectivity index (χ0v) is 15.2. The molecular formula is C21H26N2O3. The highest BCUT2D eigenvalue weighted by atomic mass is 16.5. The van der Waals surface area contributed by atoms with E-state index in [2.05, 4.69) is 57.4 Å². The Morgan fingerprint density at radius 1 is 1.15 bits per heavy atom. The second kappa shape index (κ2) is 9.48. The second-order valence-corrected chi connectivity index (χ2v) is 6.43. The third-order valence-corrected chi connectivity index (χ3v) is 4.58. The Bertz CT molecular complexity index is 712. The molecule has 0 unspecified atom stereocenters. The minimum atomic E-state index is -0.251. The second-order valence-electron chi connectivity index (χ2n) is 6.43. The van der Waals surface area contributed by atoms with Crippen LogP contribution in [0.4, 0.5) is 0 Å². The average Bonchev–Trinajstić information content (AvgIpc) is 2.69. The first kappa shape index (κ1) is 18.6. The zero-order chi connectivity index (χ0) is 18.2. The van der Waals surface area contributed by atoms with E-state index in [4.69, 9.17) is 4.74 Å². The van der Waals surface area contributed by atoms with Gasteiger partial charge < -0.3 is 14.8 Å². The number of nitrogens with one attached hydrogen (secondary N) is 1. The lowest BCUT2D eigenvalue weighted by atomic mass is 9.97. The van der Waals surface area contributed by atoms with E-state index in [-0.39, 0.29) is 12.5 Å². The van der Waals surface area contributed by atoms with E-state index < -0.39 is 0 Å². The number of esters is 1. The molecule has 0 amide bonds. The fourth-order valence-corrected chi connectivity index (χ4v) is 3.17. The van der Waals surface area contributed by atoms with Crippen molar-refractivity contribution in [2.75, 3.05) is 40.0 Å². The monoisotopic (exact) mass is 354 g/mol. The minimum Gasteiger partial charge on any atom is -0.468 e. The molecule has 0 spiro atoms. The first-order valence-corrected chi connectivity index (χ1v) is 9.01. The summed E-state index contributed by atoms with van der Waals surface area (Å²) in [6.45, 7) is 5.26. The number of carbonyl (C=O) groups excluding carboxylic acids is 1. The number of ether oxygens (including phenoxy) is 2. The summed E-state index contributed by atoms with van der Waals surface area (Å²) in [5, 5.41) is 3.13. The third kappa shape index (κ3) is 5.14. The lowest BCUT2D eigenvalue weighted by Gasteiger charge is -2.27. The van der Waals surface area contributed by atoms with Crippen LogP contribution in [-0.2, 0) is 27.4 Å². The predicted molar refractivity (Wildman–Crippen MR) is 102 cm³/mol. The van der Waals surface area contributed by atoms with Gasteiger partial charge in [-0.1, -0.05) is 48.5 Å². The van der Waals surface area contributed by atoms with Gasteiger partial charge >= 0.3 is 5.97 Å². The fourth-order valence-electron chi connectivity index (χ4n) is 3.17. The van der Waals surface area contributed by atoms with E-state index in [0.29, 0.717) is 6.54 Å². The average molecular weight is 354 g/mol. The maximum Gasteiger partial charge on any atom is 0.319 e. The van der Waals surface area contributed by atoms with Crippen LogP contribution in [0.25, 0.3) is 11.1 Å². The lowest BCUT2D eigenvalue weighted by Crippen LogP contribution is -2.35. The van der Waals surface area contributed by atoms with Crippen molar-refractivity contribution in [3.05, 3.63) is 59.7 Å². The van der Waals surface area contributed by atoms with Gasteiger partial charge in [-0.15, -0.1) is 0 Å². The first-order chi connectivity index (χ1) is 12.8. The Balaban J connectivity index is 1.78. The van der Waals surface area contributed by atoms with Crippen molar-refractivity contribution in [3.8, 4) is 11.1 Å². The molecule has 0 atom stereocenters. The van der Waals surface area contributed by atoms with Crippen LogP contribution in [0.1, 0.15) is 11.1 Å². The topological polar surface area (TPSA) is 50.8 Å². The quantitative estimate of drug-likeness (QED) is 0.774. The van der Waals surface area contributed by atoms with E-state index in [9.17, 15) is 4.79 Å². The van der Waals surface area contributed by atoms with Crippen molar-refractivity contribution in [1.82, 2.24) is 10.2 Å². The van der Waals surface area contributed by atoms with Gasteiger partial charge in [0.1, 0.15) is 0 Å². The summed E-state index contributed by atoms with van der Waals surface area (Å²) in [7, 11) is 1.40. The van der Waals surface area contributed by atoms with Gasteiger partial charge in [0.15, 0.2) is 0 Å². The van der Waals surface area contributed by atoms with Gasteiger partial charge in [0.05, 0.1) is 26.9 Å². The highest BCUT2D eigenvalue weighted by molar-refractivity contribution is 5.71. The summed E-state index contributed by atoms with van der Waals surface area (Å²) in [5.41, 5.74) is 4.95. The van der Waals surface area contributed by atoms with E-state index >= 15 is 0 Å². The van der Waals surface area contributed by atoms with Crippen molar-refractivity contribution < 1.29 is 14.3 Å². The number of methoxy groups -OCH3 is 1. The summed E-state index contributed by atoms with van der Waals surface area (Å²) >= 11 is 0. The Kier molecular flexibility index (Phi) is 6.77. The number of morpholine rings is 1. The molecule has 2 aromatic rings. The maximum absolute atomic E-state index is 11.3. The standard InChI is InChI=1S/C21H26N2O3/c1-25-21(24)15-22-14-17-7-8-20(18-5-3-2-4-6-18)19(13-17)16-23-9-11-26-12-10-23/h2-8,13,22H,9-12,14-16H2,1H3. The smallest absolute Gasteiger partial charge is 0.319 e. The molecule has 2 aromatic carbocycles. The Labute approximate surface area is 154 Å². The number of nitrogens with zero attached hydrogens (tertiary/aromatic N) is 1. The molecule has 1 N–H and O–H groups in total. The molecule has 1 aliphatic rings. The summed E-state index contributed by atoms with van der Waals surface area (Å²) in [6.07, 6.45) is 0. The number of carbonyl (C=O) groups is 1. The number of benzene rings is 2. The van der Waals surface area contributed by atoms with Crippen molar-refractivity contribution in [3.63, 3.8) is 0 Å². The minimum absolute atomic E-state index is 0.218. The Hall–Kier alpha value is -2.21. The number of hydrogen-bond donors (Lipinski definition) is 1. The van der Waals surface area contributed by atoms with E-state index in [0.717, 1.165) is 38.4 Å². The highest BCUT2D eigenvalue weighted by Crippen LogP contribution is 2.26. The van der Waals surface area contributed by atoms with E-state index in [1.54, 1.807) is 0 Å². The van der Waals surface area contributed by atoms with E-state index in [1.165, 1.54) is 23.8 Å². The molecule has 26 heavy (non-hydrogen) atoms. The fraction of sp³-hybridized carbons (Fsp3) is 0.381. The molecule has 3 rings (SSSR count). The van der Waals surface area contributed by atoms with Crippen molar-refractivity contribution in [1.29, 1.82) is 0 Å². The van der Waals surface area contributed by atoms with Gasteiger partial charge in [-0.3, -0.25) is 9.69 Å². The molecule has 138 valence electrons. The van der Waals surface area contributed by atoms with Crippen molar-refractivity contribution >= 4 is 5.97 Å². The molecule has 1 aliphatic heterocycles. The summed E-state index contributed by atoms with van der Waals surface area (Å²) < 4.78 is 10.1. The lowest BCUT2D eigenvalue weighted by molar-refractivity contribution is -0.139. The Morgan fingerprint density at radius 2 is 1.92 bits per heavy atom. The molecular weight excluding hydrogens is 328 g/mol. The summed E-state index contributed by atoms with van der Waals surface area (Å²) in [4.78, 5) is 13.7. The molecule has 1 saturated heterocycles. The predicted octanol–water partition coefficient (Wildman–Crippen LogP) is 2.45. The van der Waals surface area contributed by atoms with Crippen LogP contribution in [-0.4, -0.2) is 50.8 Å². The van der Waals surface area contributed by atoms with Crippen LogP contribution in [0.15, 0.2) is 48.5 Å². The molecule has 0 radical (unpaired) electrons. The molecule has 0 aliphatic carbocycles. The van der Waals surface area contributed by atoms with Crippen LogP contribution >= 0.6 is 0 Å². The first-order valence-electron chi connectivity index (χ1n) is 9.01.